The van der Waals surface area contributed by atoms with Crippen LogP contribution in [0.1, 0.15) is 103 Å². The van der Waals surface area contributed by atoms with E-state index < -0.39 is 0 Å². The second-order valence-electron chi connectivity index (χ2n) is 12.1. The first kappa shape index (κ1) is 27.0. The van der Waals surface area contributed by atoms with Gasteiger partial charge in [0, 0.05) is 45.1 Å². The smallest absolute Gasteiger partial charge is 0.261 e. The molecule has 3 amide bonds. The van der Waals surface area contributed by atoms with E-state index in [1.54, 1.807) is 4.90 Å². The fourth-order valence-corrected chi connectivity index (χ4v) is 7.80. The summed E-state index contributed by atoms with van der Waals surface area (Å²) in [4.78, 5) is 45.3. The summed E-state index contributed by atoms with van der Waals surface area (Å²) in [7, 11) is 0. The van der Waals surface area contributed by atoms with Gasteiger partial charge in [-0.3, -0.25) is 24.2 Å². The summed E-state index contributed by atoms with van der Waals surface area (Å²) in [6.45, 7) is 8.32. The first-order chi connectivity index (χ1) is 20.3. The molecule has 0 aliphatic carbocycles. The molecule has 2 heterocycles. The molecule has 0 unspecified atom stereocenters. The number of fused-ring (bicyclic) bond motifs is 2. The second-order valence-corrected chi connectivity index (χ2v) is 12.5. The SMILES string of the molecule is CCCC[C@H](C)N1C(=O)c2ccc3c4ccc5c6c(ccc(c7ccc(c2c37)C1=O)c64)C(=S)N([C@@H](C)CCCC)C5=O. The third-order valence-electron chi connectivity index (χ3n) is 9.53. The maximum atomic E-state index is 13.9. The minimum absolute atomic E-state index is 0.0246. The summed E-state index contributed by atoms with van der Waals surface area (Å²) >= 11 is 5.97. The summed E-state index contributed by atoms with van der Waals surface area (Å²) in [5.74, 6) is -0.475. The van der Waals surface area contributed by atoms with E-state index in [1.807, 2.05) is 49.4 Å². The van der Waals surface area contributed by atoms with Gasteiger partial charge in [-0.2, -0.15) is 0 Å². The molecule has 0 radical (unpaired) electrons. The van der Waals surface area contributed by atoms with Gasteiger partial charge in [0.05, 0.1) is 0 Å². The van der Waals surface area contributed by atoms with E-state index >= 15 is 0 Å². The molecule has 6 heteroatoms. The molecule has 5 aromatic carbocycles. The van der Waals surface area contributed by atoms with Crippen LogP contribution in [0.3, 0.4) is 0 Å². The number of thiocarbonyl (C=S) groups is 1. The summed E-state index contributed by atoms with van der Waals surface area (Å²) < 4.78 is 0. The van der Waals surface area contributed by atoms with Gasteiger partial charge in [-0.15, -0.1) is 0 Å². The van der Waals surface area contributed by atoms with Gasteiger partial charge in [-0.25, -0.2) is 0 Å². The van der Waals surface area contributed by atoms with Crippen LogP contribution in [0.15, 0.2) is 48.5 Å². The van der Waals surface area contributed by atoms with Gasteiger partial charge in [-0.1, -0.05) is 82.1 Å². The molecule has 2 aliphatic heterocycles. The molecule has 212 valence electrons. The fourth-order valence-electron chi connectivity index (χ4n) is 7.36. The highest BCUT2D eigenvalue weighted by Crippen LogP contribution is 2.46. The largest absolute Gasteiger partial charge is 0.296 e. The molecule has 0 spiro atoms. The normalized spacial score (nSPS) is 16.6. The molecule has 5 aromatic rings. The van der Waals surface area contributed by atoms with Crippen molar-refractivity contribution in [3.8, 4) is 0 Å². The van der Waals surface area contributed by atoms with Gasteiger partial charge < -0.3 is 0 Å². The molecule has 0 saturated carbocycles. The predicted octanol–water partition coefficient (Wildman–Crippen LogP) is 8.62. The van der Waals surface area contributed by atoms with Crippen LogP contribution in [0.25, 0.3) is 43.1 Å². The zero-order valence-corrected chi connectivity index (χ0v) is 25.4. The number of imide groups is 1. The number of rotatable bonds is 8. The lowest BCUT2D eigenvalue weighted by Crippen LogP contribution is -2.45. The minimum Gasteiger partial charge on any atom is -0.296 e. The highest BCUT2D eigenvalue weighted by atomic mass is 32.1. The van der Waals surface area contributed by atoms with Crippen molar-refractivity contribution in [2.45, 2.75) is 78.3 Å². The van der Waals surface area contributed by atoms with Crippen LogP contribution in [0.4, 0.5) is 0 Å². The monoisotopic (exact) mass is 574 g/mol. The van der Waals surface area contributed by atoms with E-state index in [0.717, 1.165) is 87.2 Å². The second kappa shape index (κ2) is 9.84. The molecule has 0 saturated heterocycles. The van der Waals surface area contributed by atoms with Crippen molar-refractivity contribution in [2.75, 3.05) is 0 Å². The molecule has 7 rings (SSSR count). The van der Waals surface area contributed by atoms with Gasteiger partial charge >= 0.3 is 0 Å². The number of nitrogens with zero attached hydrogens (tertiary/aromatic N) is 2. The molecular weight excluding hydrogens is 540 g/mol. The molecule has 0 bridgehead atoms. The Bertz CT molecular complexity index is 1730. The molecule has 0 aromatic heterocycles. The molecule has 2 atom stereocenters. The summed E-state index contributed by atoms with van der Waals surface area (Å²) in [5, 5.41) is 7.55. The maximum absolute atomic E-state index is 13.9. The number of amides is 3. The van der Waals surface area contributed by atoms with E-state index in [-0.39, 0.29) is 29.8 Å². The molecule has 0 fully saturated rings. The molecule has 42 heavy (non-hydrogen) atoms. The van der Waals surface area contributed by atoms with Gasteiger partial charge in [0.15, 0.2) is 0 Å². The third-order valence-corrected chi connectivity index (χ3v) is 9.95. The first-order valence-corrected chi connectivity index (χ1v) is 15.7. The standard InChI is InChI=1S/C36H34N2O3S/c1-5-7-9-19(3)37-33(39)25-15-11-21-23-13-17-27-32-28(36(42)38(35(27)41)20(4)10-8-6-2)18-14-24(30(23)32)22-12-16-26(34(37)40)31(25)29(21)22/h11-20H,5-10H2,1-4H3/t19-,20-/m0/s1. The van der Waals surface area contributed by atoms with E-state index in [0.29, 0.717) is 21.7 Å². The lowest BCUT2D eigenvalue weighted by Gasteiger charge is -2.35. The lowest BCUT2D eigenvalue weighted by atomic mass is 9.82. The third kappa shape index (κ3) is 3.54. The van der Waals surface area contributed by atoms with Crippen LogP contribution in [-0.2, 0) is 0 Å². The Morgan fingerprint density at radius 2 is 0.905 bits per heavy atom. The summed E-state index contributed by atoms with van der Waals surface area (Å²) in [6, 6.07) is 15.8. The van der Waals surface area contributed by atoms with E-state index in [9.17, 15) is 14.4 Å². The Hall–Kier alpha value is -3.90. The van der Waals surface area contributed by atoms with Crippen LogP contribution >= 0.6 is 12.2 Å². The summed E-state index contributed by atoms with van der Waals surface area (Å²) in [6.07, 6.45) is 5.78. The predicted molar refractivity (Wildman–Crippen MR) is 174 cm³/mol. The number of hydrogen-bond donors (Lipinski definition) is 0. The fraction of sp³-hybridized carbons (Fsp3) is 0.333. The topological polar surface area (TPSA) is 57.7 Å². The number of carbonyl (C=O) groups excluding carboxylic acids is 3. The van der Waals surface area contributed by atoms with Crippen molar-refractivity contribution >= 4 is 78.0 Å². The van der Waals surface area contributed by atoms with Crippen LogP contribution in [0.2, 0.25) is 0 Å². The Morgan fingerprint density at radius 1 is 0.548 bits per heavy atom. The van der Waals surface area contributed by atoms with Crippen molar-refractivity contribution < 1.29 is 14.4 Å². The first-order valence-electron chi connectivity index (χ1n) is 15.3. The van der Waals surface area contributed by atoms with Gasteiger partial charge in [-0.05, 0) is 77.2 Å². The Morgan fingerprint density at radius 3 is 1.33 bits per heavy atom. The van der Waals surface area contributed by atoms with Gasteiger partial charge in [0.25, 0.3) is 17.7 Å². The van der Waals surface area contributed by atoms with Crippen molar-refractivity contribution in [3.05, 3.63) is 70.8 Å². The average molecular weight is 575 g/mol. The van der Waals surface area contributed by atoms with Crippen LogP contribution in [0.5, 0.6) is 0 Å². The van der Waals surface area contributed by atoms with Crippen molar-refractivity contribution in [3.63, 3.8) is 0 Å². The number of benzene rings is 5. The zero-order valence-electron chi connectivity index (χ0n) is 24.5. The quantitative estimate of drug-likeness (QED) is 0.0806. The van der Waals surface area contributed by atoms with Crippen LogP contribution in [0, 0.1) is 0 Å². The van der Waals surface area contributed by atoms with Gasteiger partial charge in [0.1, 0.15) is 4.99 Å². The van der Waals surface area contributed by atoms with E-state index in [4.69, 9.17) is 12.2 Å². The van der Waals surface area contributed by atoms with Gasteiger partial charge in [0.2, 0.25) is 0 Å². The van der Waals surface area contributed by atoms with Crippen molar-refractivity contribution in [1.82, 2.24) is 9.80 Å². The Balaban J connectivity index is 1.47. The molecule has 5 nitrogen and oxygen atoms in total. The number of hydrogen-bond acceptors (Lipinski definition) is 4. The van der Waals surface area contributed by atoms with Crippen molar-refractivity contribution in [2.24, 2.45) is 0 Å². The minimum atomic E-state index is -0.218. The van der Waals surface area contributed by atoms with Crippen LogP contribution < -0.4 is 0 Å². The van der Waals surface area contributed by atoms with Crippen LogP contribution in [-0.4, -0.2) is 44.6 Å². The Kier molecular flexibility index (Phi) is 6.32. The molecule has 0 N–H and O–H groups in total. The van der Waals surface area contributed by atoms with E-state index in [2.05, 4.69) is 26.8 Å². The summed E-state index contributed by atoms with van der Waals surface area (Å²) in [5.41, 5.74) is 2.75. The number of unbranched alkanes of at least 4 members (excludes halogenated alkanes) is 2. The average Bonchev–Trinajstić information content (AvgIpc) is 2.99. The highest BCUT2D eigenvalue weighted by molar-refractivity contribution is 7.80. The molecule has 2 aliphatic rings. The number of carbonyl (C=O) groups is 3. The molecular formula is C36H34N2O3S. The lowest BCUT2D eigenvalue weighted by molar-refractivity contribution is 0.0542. The Labute approximate surface area is 250 Å². The van der Waals surface area contributed by atoms with E-state index in [1.165, 1.54) is 4.90 Å². The maximum Gasteiger partial charge on any atom is 0.261 e. The highest BCUT2D eigenvalue weighted by Gasteiger charge is 2.38. The van der Waals surface area contributed by atoms with Crippen molar-refractivity contribution in [1.29, 1.82) is 0 Å². The zero-order chi connectivity index (χ0) is 29.4.